The van der Waals surface area contributed by atoms with Crippen LogP contribution in [0.4, 0.5) is 4.79 Å². The minimum Gasteiger partial charge on any atom is -0.321 e. The maximum Gasteiger partial charge on any atom is 0.326 e. The molecule has 0 aromatic carbocycles. The maximum atomic E-state index is 11.8. The van der Waals surface area contributed by atoms with Crippen molar-refractivity contribution in [3.05, 3.63) is 0 Å². The summed E-state index contributed by atoms with van der Waals surface area (Å²) in [5, 5.41) is 0. The standard InChI is InChI=1S/C11H18N2O2/c1-12-9(14)8-11(13(2)10(12)15)6-4-3-5-7-11/h3-8H2,1-2H3. The Morgan fingerprint density at radius 3 is 2.27 bits per heavy atom. The first-order valence-corrected chi connectivity index (χ1v) is 5.61. The number of urea groups is 1. The van der Waals surface area contributed by atoms with Crippen LogP contribution in [0.15, 0.2) is 0 Å². The largest absolute Gasteiger partial charge is 0.326 e. The third kappa shape index (κ3) is 1.52. The van der Waals surface area contributed by atoms with Gasteiger partial charge >= 0.3 is 6.03 Å². The lowest BCUT2D eigenvalue weighted by molar-refractivity contribution is -0.135. The van der Waals surface area contributed by atoms with Gasteiger partial charge in [0, 0.05) is 14.1 Å². The molecule has 0 aromatic rings. The van der Waals surface area contributed by atoms with Crippen LogP contribution >= 0.6 is 0 Å². The van der Waals surface area contributed by atoms with Gasteiger partial charge in [0.05, 0.1) is 12.0 Å². The lowest BCUT2D eigenvalue weighted by Gasteiger charge is -2.48. The van der Waals surface area contributed by atoms with E-state index in [0.29, 0.717) is 6.42 Å². The van der Waals surface area contributed by atoms with E-state index in [1.165, 1.54) is 11.3 Å². The predicted molar refractivity (Wildman–Crippen MR) is 56.4 cm³/mol. The van der Waals surface area contributed by atoms with Gasteiger partial charge in [0.1, 0.15) is 0 Å². The Morgan fingerprint density at radius 1 is 1.07 bits per heavy atom. The van der Waals surface area contributed by atoms with Crippen molar-refractivity contribution in [1.82, 2.24) is 9.80 Å². The molecule has 15 heavy (non-hydrogen) atoms. The first-order chi connectivity index (χ1) is 7.07. The molecule has 4 heteroatoms. The molecule has 2 fully saturated rings. The highest BCUT2D eigenvalue weighted by atomic mass is 16.2. The van der Waals surface area contributed by atoms with Gasteiger partial charge in [-0.15, -0.1) is 0 Å². The Morgan fingerprint density at radius 2 is 1.67 bits per heavy atom. The average molecular weight is 210 g/mol. The summed E-state index contributed by atoms with van der Waals surface area (Å²) >= 11 is 0. The third-order valence-corrected chi connectivity index (χ3v) is 3.92. The molecule has 0 radical (unpaired) electrons. The summed E-state index contributed by atoms with van der Waals surface area (Å²) in [5.41, 5.74) is -0.168. The van der Waals surface area contributed by atoms with E-state index in [0.717, 1.165) is 25.7 Å². The number of hydrogen-bond donors (Lipinski definition) is 0. The minimum absolute atomic E-state index is 0.0278. The summed E-state index contributed by atoms with van der Waals surface area (Å²) in [5.74, 6) is -0.0278. The molecular weight excluding hydrogens is 192 g/mol. The maximum absolute atomic E-state index is 11.8. The SMILES string of the molecule is CN1C(=O)CC2(CCCCC2)N(C)C1=O. The van der Waals surface area contributed by atoms with Crippen molar-refractivity contribution in [2.45, 2.75) is 44.1 Å². The first kappa shape index (κ1) is 10.5. The van der Waals surface area contributed by atoms with Crippen LogP contribution < -0.4 is 0 Å². The van der Waals surface area contributed by atoms with Crippen LogP contribution in [0.5, 0.6) is 0 Å². The quantitative estimate of drug-likeness (QED) is 0.609. The minimum atomic E-state index is -0.168. The zero-order valence-corrected chi connectivity index (χ0v) is 9.45. The van der Waals surface area contributed by atoms with Crippen LogP contribution in [-0.2, 0) is 4.79 Å². The number of rotatable bonds is 0. The molecule has 0 bridgehead atoms. The predicted octanol–water partition coefficient (Wildman–Crippen LogP) is 1.60. The van der Waals surface area contributed by atoms with E-state index >= 15 is 0 Å². The summed E-state index contributed by atoms with van der Waals surface area (Å²) in [4.78, 5) is 26.6. The second kappa shape index (κ2) is 3.51. The van der Waals surface area contributed by atoms with Crippen molar-refractivity contribution < 1.29 is 9.59 Å². The Balaban J connectivity index is 2.25. The van der Waals surface area contributed by atoms with Gasteiger partial charge in [-0.1, -0.05) is 19.3 Å². The van der Waals surface area contributed by atoms with Crippen molar-refractivity contribution in [1.29, 1.82) is 0 Å². The van der Waals surface area contributed by atoms with Gasteiger partial charge in [-0.05, 0) is 12.8 Å². The van der Waals surface area contributed by atoms with Crippen molar-refractivity contribution in [3.63, 3.8) is 0 Å². The Bertz CT molecular complexity index is 295. The summed E-state index contributed by atoms with van der Waals surface area (Å²) in [6.45, 7) is 0. The zero-order valence-electron chi connectivity index (χ0n) is 9.45. The van der Waals surface area contributed by atoms with Crippen LogP contribution in [0.2, 0.25) is 0 Å². The topological polar surface area (TPSA) is 40.6 Å². The molecule has 0 N–H and O–H groups in total. The van der Waals surface area contributed by atoms with E-state index in [1.54, 1.807) is 11.9 Å². The van der Waals surface area contributed by atoms with Gasteiger partial charge in [-0.25, -0.2) is 4.79 Å². The van der Waals surface area contributed by atoms with Crippen LogP contribution in [0.3, 0.4) is 0 Å². The normalized spacial score (nSPS) is 26.3. The number of amides is 3. The van der Waals surface area contributed by atoms with Crippen LogP contribution in [0, 0.1) is 0 Å². The third-order valence-electron chi connectivity index (χ3n) is 3.92. The van der Waals surface area contributed by atoms with E-state index < -0.39 is 0 Å². The molecule has 1 aliphatic carbocycles. The van der Waals surface area contributed by atoms with Gasteiger partial charge in [0.25, 0.3) is 0 Å². The van der Waals surface area contributed by atoms with Crippen molar-refractivity contribution in [3.8, 4) is 0 Å². The summed E-state index contributed by atoms with van der Waals surface area (Å²) in [7, 11) is 3.40. The average Bonchev–Trinajstić information content (AvgIpc) is 2.25. The van der Waals surface area contributed by atoms with Gasteiger partial charge in [0.15, 0.2) is 0 Å². The van der Waals surface area contributed by atoms with Gasteiger partial charge in [0.2, 0.25) is 5.91 Å². The van der Waals surface area contributed by atoms with Gasteiger partial charge in [-0.2, -0.15) is 0 Å². The fourth-order valence-electron chi connectivity index (χ4n) is 2.78. The van der Waals surface area contributed by atoms with Crippen LogP contribution in [0.25, 0.3) is 0 Å². The molecule has 2 aliphatic rings. The highest BCUT2D eigenvalue weighted by Gasteiger charge is 2.46. The molecule has 1 saturated carbocycles. The van der Waals surface area contributed by atoms with Crippen molar-refractivity contribution in [2.24, 2.45) is 0 Å². The van der Waals surface area contributed by atoms with E-state index in [-0.39, 0.29) is 17.5 Å². The number of imide groups is 1. The van der Waals surface area contributed by atoms with E-state index in [9.17, 15) is 9.59 Å². The Labute approximate surface area is 90.2 Å². The van der Waals surface area contributed by atoms with Gasteiger partial charge < -0.3 is 4.90 Å². The second-order valence-electron chi connectivity index (χ2n) is 4.76. The summed E-state index contributed by atoms with van der Waals surface area (Å²) in [6, 6.07) is -0.145. The molecule has 1 saturated heterocycles. The molecule has 1 spiro atoms. The van der Waals surface area contributed by atoms with E-state index in [4.69, 9.17) is 0 Å². The number of carbonyl (C=O) groups excluding carboxylic acids is 2. The van der Waals surface area contributed by atoms with Crippen LogP contribution in [0.1, 0.15) is 38.5 Å². The zero-order chi connectivity index (χ0) is 11.1. The highest BCUT2D eigenvalue weighted by Crippen LogP contribution is 2.38. The number of carbonyl (C=O) groups is 2. The van der Waals surface area contributed by atoms with Crippen molar-refractivity contribution >= 4 is 11.9 Å². The Kier molecular flexibility index (Phi) is 2.44. The Hall–Kier alpha value is -1.06. The van der Waals surface area contributed by atoms with E-state index in [1.807, 2.05) is 7.05 Å². The van der Waals surface area contributed by atoms with E-state index in [2.05, 4.69) is 0 Å². The molecule has 2 rings (SSSR count). The second-order valence-corrected chi connectivity index (χ2v) is 4.76. The number of hydrogen-bond acceptors (Lipinski definition) is 2. The monoisotopic (exact) mass is 210 g/mol. The highest BCUT2D eigenvalue weighted by molar-refractivity contribution is 5.97. The van der Waals surface area contributed by atoms with Crippen molar-refractivity contribution in [2.75, 3.05) is 14.1 Å². The molecule has 1 aliphatic heterocycles. The van der Waals surface area contributed by atoms with Gasteiger partial charge in [-0.3, -0.25) is 9.69 Å². The summed E-state index contributed by atoms with van der Waals surface area (Å²) in [6.07, 6.45) is 5.96. The lowest BCUT2D eigenvalue weighted by atomic mass is 9.77. The first-order valence-electron chi connectivity index (χ1n) is 5.61. The lowest BCUT2D eigenvalue weighted by Crippen LogP contribution is -2.61. The molecule has 0 unspecified atom stereocenters. The number of nitrogens with zero attached hydrogens (tertiary/aromatic N) is 2. The smallest absolute Gasteiger partial charge is 0.321 e. The fraction of sp³-hybridized carbons (Fsp3) is 0.818. The fourth-order valence-corrected chi connectivity index (χ4v) is 2.78. The molecule has 4 nitrogen and oxygen atoms in total. The molecule has 84 valence electrons. The van der Waals surface area contributed by atoms with Crippen LogP contribution in [-0.4, -0.2) is 41.4 Å². The molecule has 1 heterocycles. The molecule has 0 atom stereocenters. The molecule has 3 amide bonds. The molecule has 0 aromatic heterocycles. The molecular formula is C11H18N2O2. The summed E-state index contributed by atoms with van der Waals surface area (Å²) < 4.78 is 0.